The Morgan fingerprint density at radius 2 is 1.73 bits per heavy atom. The molecule has 0 bridgehead atoms. The monoisotopic (exact) mass is 384 g/mol. The van der Waals surface area contributed by atoms with Crippen LogP contribution in [0.2, 0.25) is 0 Å². The van der Waals surface area contributed by atoms with Crippen molar-refractivity contribution in [2.75, 3.05) is 18.4 Å². The van der Waals surface area contributed by atoms with Crippen LogP contribution in [0.1, 0.15) is 40.5 Å². The fourth-order valence-electron chi connectivity index (χ4n) is 2.37. The highest BCUT2D eigenvalue weighted by molar-refractivity contribution is 7.92. The normalized spacial score (nSPS) is 15.4. The zero-order chi connectivity index (χ0) is 19.8. The number of hydrogen-bond acceptors (Lipinski definition) is 6. The molecular weight excluding hydrogens is 356 g/mol. The average molecular weight is 384 g/mol. The number of hydrogen-bond donors (Lipinski definition) is 2. The van der Waals surface area contributed by atoms with Crippen molar-refractivity contribution in [1.82, 2.24) is 5.32 Å². The van der Waals surface area contributed by atoms with E-state index in [0.717, 1.165) is 13.1 Å². The van der Waals surface area contributed by atoms with E-state index in [-0.39, 0.29) is 16.8 Å². The number of benzene rings is 1. The second kappa shape index (κ2) is 9.68. The summed E-state index contributed by atoms with van der Waals surface area (Å²) >= 11 is 0. The van der Waals surface area contributed by atoms with Crippen molar-refractivity contribution >= 4 is 27.9 Å². The summed E-state index contributed by atoms with van der Waals surface area (Å²) in [5.74, 6) is -0.172. The van der Waals surface area contributed by atoms with Crippen LogP contribution in [0, 0.1) is 0 Å². The van der Waals surface area contributed by atoms with Gasteiger partial charge in [-0.2, -0.15) is 0 Å². The topological polar surface area (TPSA) is 102 Å². The number of carbonyl (C=O) groups is 2. The van der Waals surface area contributed by atoms with Gasteiger partial charge in [-0.3, -0.25) is 9.59 Å². The lowest BCUT2D eigenvalue weighted by molar-refractivity contribution is -0.138. The van der Waals surface area contributed by atoms with Crippen LogP contribution in [0.25, 0.3) is 0 Å². The van der Waals surface area contributed by atoms with Gasteiger partial charge in [0.05, 0.1) is 10.1 Å². The van der Waals surface area contributed by atoms with Gasteiger partial charge in [-0.1, -0.05) is 0 Å². The summed E-state index contributed by atoms with van der Waals surface area (Å²) in [4.78, 5) is 20.8. The molecule has 1 saturated heterocycles. The first-order valence-electron chi connectivity index (χ1n) is 8.50. The van der Waals surface area contributed by atoms with Crippen molar-refractivity contribution in [2.24, 2.45) is 0 Å². The second-order valence-electron chi connectivity index (χ2n) is 7.03. The first kappa shape index (κ1) is 22.1. The van der Waals surface area contributed by atoms with Crippen molar-refractivity contribution in [3.05, 3.63) is 24.3 Å². The predicted octanol–water partition coefficient (Wildman–Crippen LogP) is 2.13. The Morgan fingerprint density at radius 3 is 2.12 bits per heavy atom. The highest BCUT2D eigenvalue weighted by Crippen LogP contribution is 2.23. The Labute approximate surface area is 155 Å². The van der Waals surface area contributed by atoms with Gasteiger partial charge in [0.15, 0.2) is 9.84 Å². The van der Waals surface area contributed by atoms with E-state index in [2.05, 4.69) is 15.4 Å². The minimum atomic E-state index is -3.26. The smallest absolute Gasteiger partial charge is 0.293 e. The lowest BCUT2D eigenvalue weighted by Crippen LogP contribution is -2.35. The molecule has 8 heteroatoms. The second-order valence-corrected chi connectivity index (χ2v) is 9.25. The number of carbonyl (C=O) groups excluding carboxylic acids is 2. The number of nitrogens with one attached hydrogen (secondary N) is 2. The lowest BCUT2D eigenvalue weighted by atomic mass is 10.2. The first-order chi connectivity index (χ1) is 12.1. The lowest BCUT2D eigenvalue weighted by Gasteiger charge is -2.22. The molecule has 2 N–H and O–H groups in total. The van der Waals surface area contributed by atoms with Gasteiger partial charge in [-0.25, -0.2) is 8.42 Å². The van der Waals surface area contributed by atoms with E-state index in [1.54, 1.807) is 24.3 Å². The summed E-state index contributed by atoms with van der Waals surface area (Å²) in [6.07, 6.45) is 1.30. The third-order valence-electron chi connectivity index (χ3n) is 3.63. The maximum Gasteiger partial charge on any atom is 0.293 e. The predicted molar refractivity (Wildman–Crippen MR) is 101 cm³/mol. The summed E-state index contributed by atoms with van der Waals surface area (Å²) in [5.41, 5.74) is 0.290. The van der Waals surface area contributed by atoms with Crippen molar-refractivity contribution in [2.45, 2.75) is 56.3 Å². The highest BCUT2D eigenvalue weighted by Gasteiger charge is 2.28. The van der Waals surface area contributed by atoms with Crippen LogP contribution in [0.15, 0.2) is 29.2 Å². The van der Waals surface area contributed by atoms with Crippen LogP contribution < -0.4 is 10.6 Å². The summed E-state index contributed by atoms with van der Waals surface area (Å²) in [6.45, 7) is 8.83. The molecule has 1 fully saturated rings. The summed E-state index contributed by atoms with van der Waals surface area (Å²) in [5, 5.41) is 5.47. The van der Waals surface area contributed by atoms with Crippen molar-refractivity contribution in [1.29, 1.82) is 0 Å². The highest BCUT2D eigenvalue weighted by atomic mass is 32.2. The van der Waals surface area contributed by atoms with E-state index in [9.17, 15) is 18.0 Å². The molecule has 0 saturated carbocycles. The van der Waals surface area contributed by atoms with Crippen LogP contribution in [-0.4, -0.2) is 44.7 Å². The van der Waals surface area contributed by atoms with Crippen LogP contribution in [0.5, 0.6) is 0 Å². The Balaban J connectivity index is 0.000000412. The van der Waals surface area contributed by atoms with Crippen LogP contribution in [0.4, 0.5) is 5.69 Å². The van der Waals surface area contributed by atoms with E-state index in [4.69, 9.17) is 0 Å². The third kappa shape index (κ3) is 7.53. The van der Waals surface area contributed by atoms with E-state index >= 15 is 0 Å². The molecule has 1 aliphatic heterocycles. The molecule has 0 aromatic heterocycles. The largest absolute Gasteiger partial charge is 0.462 e. The Hall–Kier alpha value is -1.93. The van der Waals surface area contributed by atoms with Crippen molar-refractivity contribution in [3.8, 4) is 0 Å². The minimum absolute atomic E-state index is 0.172. The zero-order valence-corrected chi connectivity index (χ0v) is 16.6. The number of anilines is 1. The number of amides is 1. The zero-order valence-electron chi connectivity index (χ0n) is 15.7. The average Bonchev–Trinajstić information content (AvgIpc) is 2.55. The third-order valence-corrected chi connectivity index (χ3v) is 5.91. The number of ether oxygens (including phenoxy) is 1. The van der Waals surface area contributed by atoms with E-state index < -0.39 is 9.84 Å². The molecule has 26 heavy (non-hydrogen) atoms. The molecule has 1 amide bonds. The molecule has 1 aromatic carbocycles. The van der Waals surface area contributed by atoms with Gasteiger partial charge in [0.1, 0.15) is 5.60 Å². The molecule has 1 heterocycles. The number of rotatable bonds is 4. The Bertz CT molecular complexity index is 687. The summed E-state index contributed by atoms with van der Waals surface area (Å²) in [7, 11) is -3.26. The van der Waals surface area contributed by atoms with Crippen molar-refractivity contribution in [3.63, 3.8) is 0 Å². The quantitative estimate of drug-likeness (QED) is 0.771. The molecule has 0 atom stereocenters. The molecule has 146 valence electrons. The standard InChI is InChI=1S/C13H18N2O3S.C5H10O2/c1-10(16)15-11-2-4-12(5-3-11)19(17,18)13-6-8-14-9-7-13;1-5(2,3)7-4-6/h2-5,13-14H,6-9H2,1H3,(H,15,16);4H,1-3H3. The van der Waals surface area contributed by atoms with Crippen LogP contribution >= 0.6 is 0 Å². The van der Waals surface area contributed by atoms with E-state index in [0.29, 0.717) is 29.9 Å². The summed E-state index contributed by atoms with van der Waals surface area (Å²) in [6, 6.07) is 6.36. The van der Waals surface area contributed by atoms with E-state index in [1.807, 2.05) is 20.8 Å². The Morgan fingerprint density at radius 1 is 1.19 bits per heavy atom. The van der Waals surface area contributed by atoms with Crippen LogP contribution in [0.3, 0.4) is 0 Å². The van der Waals surface area contributed by atoms with Gasteiger partial charge in [-0.05, 0) is 71.0 Å². The molecule has 0 radical (unpaired) electrons. The molecular formula is C18H28N2O5S. The van der Waals surface area contributed by atoms with Gasteiger partial charge in [0, 0.05) is 12.6 Å². The molecule has 2 rings (SSSR count). The summed E-state index contributed by atoms with van der Waals surface area (Å²) < 4.78 is 29.4. The number of piperidine rings is 1. The SMILES string of the molecule is CC(=O)Nc1ccc(S(=O)(=O)C2CCNCC2)cc1.CC(C)(C)OC=O. The minimum Gasteiger partial charge on any atom is -0.462 e. The molecule has 1 aliphatic rings. The van der Waals surface area contributed by atoms with Crippen molar-refractivity contribution < 1.29 is 22.7 Å². The maximum atomic E-state index is 12.4. The van der Waals surface area contributed by atoms with Gasteiger partial charge < -0.3 is 15.4 Å². The Kier molecular flexibility index (Phi) is 8.23. The van der Waals surface area contributed by atoms with Gasteiger partial charge in [-0.15, -0.1) is 0 Å². The van der Waals surface area contributed by atoms with Gasteiger partial charge >= 0.3 is 0 Å². The van der Waals surface area contributed by atoms with Crippen LogP contribution in [-0.2, 0) is 24.2 Å². The number of sulfone groups is 1. The van der Waals surface area contributed by atoms with Gasteiger partial charge in [0.25, 0.3) is 6.47 Å². The first-order valence-corrected chi connectivity index (χ1v) is 10.0. The molecule has 7 nitrogen and oxygen atoms in total. The maximum absolute atomic E-state index is 12.4. The molecule has 1 aromatic rings. The fraction of sp³-hybridized carbons (Fsp3) is 0.556. The molecule has 0 aliphatic carbocycles. The fourth-order valence-corrected chi connectivity index (χ4v) is 4.13. The van der Waals surface area contributed by atoms with Gasteiger partial charge in [0.2, 0.25) is 5.91 Å². The molecule has 0 unspecified atom stereocenters. The molecule has 0 spiro atoms. The van der Waals surface area contributed by atoms with E-state index in [1.165, 1.54) is 6.92 Å².